The summed E-state index contributed by atoms with van der Waals surface area (Å²) in [6.07, 6.45) is 1.85. The predicted molar refractivity (Wildman–Crippen MR) is 102 cm³/mol. The van der Waals surface area contributed by atoms with Crippen molar-refractivity contribution in [3.05, 3.63) is 36.1 Å². The van der Waals surface area contributed by atoms with Crippen LogP contribution in [0.1, 0.15) is 17.8 Å². The molecule has 1 unspecified atom stereocenters. The van der Waals surface area contributed by atoms with Crippen LogP contribution in [-0.4, -0.2) is 77.8 Å². The monoisotopic (exact) mass is 379 g/mol. The van der Waals surface area contributed by atoms with Crippen molar-refractivity contribution in [3.63, 3.8) is 0 Å². The van der Waals surface area contributed by atoms with Crippen LogP contribution in [0.3, 0.4) is 0 Å². The van der Waals surface area contributed by atoms with Gasteiger partial charge in [-0.05, 0) is 19.2 Å². The number of nitrogens with one attached hydrogen (secondary N) is 1. The number of hydrogen-bond donors (Lipinski definition) is 1. The molecule has 4 rings (SSSR count). The van der Waals surface area contributed by atoms with Gasteiger partial charge in [-0.25, -0.2) is 4.98 Å². The van der Waals surface area contributed by atoms with Crippen LogP contribution in [-0.2, 0) is 6.54 Å². The van der Waals surface area contributed by atoms with Gasteiger partial charge in [-0.3, -0.25) is 9.80 Å². The fourth-order valence-corrected chi connectivity index (χ4v) is 3.43. The van der Waals surface area contributed by atoms with Gasteiger partial charge in [-0.1, -0.05) is 11.2 Å². The Morgan fingerprint density at radius 1 is 1.19 bits per heavy atom. The molecule has 0 spiro atoms. The number of aromatic nitrogens is 3. The average Bonchev–Trinajstić information content (AvgIpc) is 3.12. The van der Waals surface area contributed by atoms with E-state index >= 15 is 0 Å². The van der Waals surface area contributed by atoms with Crippen LogP contribution in [0, 0.1) is 0 Å². The Morgan fingerprint density at radius 3 is 2.77 bits per heavy atom. The molecular formula is C17H26ClN7O. The van der Waals surface area contributed by atoms with Crippen molar-refractivity contribution in [1.82, 2.24) is 30.2 Å². The lowest BCUT2D eigenvalue weighted by Crippen LogP contribution is -2.46. The molecule has 8 nitrogen and oxygen atoms in total. The van der Waals surface area contributed by atoms with E-state index in [2.05, 4.69) is 48.3 Å². The Kier molecular flexibility index (Phi) is 6.42. The Balaban J connectivity index is 0.00000196. The lowest BCUT2D eigenvalue weighted by atomic mass is 10.2. The SMILES string of the molecule is CN1CCNCC1c1noc(CN2CCN(c3ccccn3)CC2)n1.Cl. The highest BCUT2D eigenvalue weighted by Gasteiger charge is 2.26. The minimum absolute atomic E-state index is 0. The van der Waals surface area contributed by atoms with E-state index in [4.69, 9.17) is 4.52 Å². The third kappa shape index (κ3) is 4.32. The zero-order valence-electron chi connectivity index (χ0n) is 15.0. The zero-order valence-corrected chi connectivity index (χ0v) is 15.9. The van der Waals surface area contributed by atoms with Gasteiger partial charge < -0.3 is 14.7 Å². The van der Waals surface area contributed by atoms with Gasteiger partial charge in [0, 0.05) is 52.0 Å². The number of likely N-dealkylation sites (N-methyl/N-ethyl adjacent to an activating group) is 1. The molecule has 0 amide bonds. The summed E-state index contributed by atoms with van der Waals surface area (Å²) >= 11 is 0. The largest absolute Gasteiger partial charge is 0.354 e. The maximum Gasteiger partial charge on any atom is 0.240 e. The van der Waals surface area contributed by atoms with Gasteiger partial charge in [0.2, 0.25) is 5.89 Å². The molecule has 1 atom stereocenters. The molecular weight excluding hydrogens is 354 g/mol. The van der Waals surface area contributed by atoms with Crippen LogP contribution >= 0.6 is 12.4 Å². The summed E-state index contributed by atoms with van der Waals surface area (Å²) < 4.78 is 5.50. The molecule has 4 heterocycles. The topological polar surface area (TPSA) is 73.6 Å². The van der Waals surface area contributed by atoms with Crippen molar-refractivity contribution < 1.29 is 4.52 Å². The van der Waals surface area contributed by atoms with E-state index in [1.807, 2.05) is 18.3 Å². The summed E-state index contributed by atoms with van der Waals surface area (Å²) in [5.41, 5.74) is 0. The lowest BCUT2D eigenvalue weighted by Gasteiger charge is -2.34. The average molecular weight is 380 g/mol. The molecule has 142 valence electrons. The molecule has 2 saturated heterocycles. The normalized spacial score (nSPS) is 22.2. The summed E-state index contributed by atoms with van der Waals surface area (Å²) in [6.45, 7) is 7.48. The van der Waals surface area contributed by atoms with Crippen molar-refractivity contribution in [2.24, 2.45) is 0 Å². The Hall–Kier alpha value is -1.74. The minimum atomic E-state index is 0. The molecule has 2 aromatic rings. The van der Waals surface area contributed by atoms with E-state index in [1.54, 1.807) is 0 Å². The third-order valence-corrected chi connectivity index (χ3v) is 5.00. The van der Waals surface area contributed by atoms with Crippen LogP contribution in [0.4, 0.5) is 5.82 Å². The van der Waals surface area contributed by atoms with Gasteiger partial charge in [-0.2, -0.15) is 4.98 Å². The number of nitrogens with zero attached hydrogens (tertiary/aromatic N) is 6. The first kappa shape index (κ1) is 19.0. The fraction of sp³-hybridized carbons (Fsp3) is 0.588. The quantitative estimate of drug-likeness (QED) is 0.835. The number of piperazine rings is 2. The number of anilines is 1. The maximum absolute atomic E-state index is 5.50. The van der Waals surface area contributed by atoms with Gasteiger partial charge in [-0.15, -0.1) is 12.4 Å². The Morgan fingerprint density at radius 2 is 2.04 bits per heavy atom. The second-order valence-electron chi connectivity index (χ2n) is 6.70. The highest BCUT2D eigenvalue weighted by atomic mass is 35.5. The molecule has 0 bridgehead atoms. The smallest absolute Gasteiger partial charge is 0.240 e. The highest BCUT2D eigenvalue weighted by molar-refractivity contribution is 5.85. The van der Waals surface area contributed by atoms with Crippen molar-refractivity contribution in [2.75, 3.05) is 57.8 Å². The van der Waals surface area contributed by atoms with Crippen LogP contribution in [0.5, 0.6) is 0 Å². The Labute approximate surface area is 160 Å². The second kappa shape index (κ2) is 8.77. The number of hydrogen-bond acceptors (Lipinski definition) is 8. The van der Waals surface area contributed by atoms with E-state index in [0.29, 0.717) is 12.4 Å². The molecule has 0 aliphatic carbocycles. The fourth-order valence-electron chi connectivity index (χ4n) is 3.43. The molecule has 2 fully saturated rings. The molecule has 2 aliphatic rings. The van der Waals surface area contributed by atoms with Crippen molar-refractivity contribution in [2.45, 2.75) is 12.6 Å². The van der Waals surface area contributed by atoms with Gasteiger partial charge >= 0.3 is 0 Å². The first-order chi connectivity index (χ1) is 12.3. The summed E-state index contributed by atoms with van der Waals surface area (Å²) in [7, 11) is 2.11. The van der Waals surface area contributed by atoms with Crippen LogP contribution < -0.4 is 10.2 Å². The number of pyridine rings is 1. The zero-order chi connectivity index (χ0) is 17.1. The molecule has 2 aromatic heterocycles. The molecule has 0 saturated carbocycles. The van der Waals surface area contributed by atoms with E-state index < -0.39 is 0 Å². The predicted octanol–water partition coefficient (Wildman–Crippen LogP) is 0.785. The highest BCUT2D eigenvalue weighted by Crippen LogP contribution is 2.19. The second-order valence-corrected chi connectivity index (χ2v) is 6.70. The van der Waals surface area contributed by atoms with Gasteiger partial charge in [0.15, 0.2) is 5.82 Å². The minimum Gasteiger partial charge on any atom is -0.354 e. The molecule has 1 N–H and O–H groups in total. The summed E-state index contributed by atoms with van der Waals surface area (Å²) in [6, 6.07) is 6.25. The van der Waals surface area contributed by atoms with Crippen LogP contribution in [0.25, 0.3) is 0 Å². The Bertz CT molecular complexity index is 675. The molecule has 0 radical (unpaired) electrons. The molecule has 0 aromatic carbocycles. The van der Waals surface area contributed by atoms with E-state index in [-0.39, 0.29) is 18.4 Å². The number of halogens is 1. The van der Waals surface area contributed by atoms with Crippen LogP contribution in [0.15, 0.2) is 28.9 Å². The van der Waals surface area contributed by atoms with E-state index in [9.17, 15) is 0 Å². The first-order valence-corrected chi connectivity index (χ1v) is 8.91. The summed E-state index contributed by atoms with van der Waals surface area (Å²) in [5, 5.41) is 7.59. The van der Waals surface area contributed by atoms with Crippen LogP contribution in [0.2, 0.25) is 0 Å². The van der Waals surface area contributed by atoms with Crippen molar-refractivity contribution in [1.29, 1.82) is 0 Å². The lowest BCUT2D eigenvalue weighted by molar-refractivity contribution is 0.189. The van der Waals surface area contributed by atoms with Gasteiger partial charge in [0.1, 0.15) is 5.82 Å². The summed E-state index contributed by atoms with van der Waals surface area (Å²) in [5.74, 6) is 2.55. The van der Waals surface area contributed by atoms with E-state index in [0.717, 1.165) is 57.5 Å². The number of rotatable bonds is 4. The van der Waals surface area contributed by atoms with Gasteiger partial charge in [0.25, 0.3) is 0 Å². The van der Waals surface area contributed by atoms with Gasteiger partial charge in [0.05, 0.1) is 12.6 Å². The molecule has 26 heavy (non-hydrogen) atoms. The van der Waals surface area contributed by atoms with Crippen molar-refractivity contribution >= 4 is 18.2 Å². The third-order valence-electron chi connectivity index (χ3n) is 5.00. The standard InChI is InChI=1S/C17H25N7O.ClH/c1-22-7-6-18-12-14(22)17-20-16(25-21-17)13-23-8-10-24(11-9-23)15-4-2-3-5-19-15;/h2-5,14,18H,6-13H2,1H3;1H. The molecule has 2 aliphatic heterocycles. The maximum atomic E-state index is 5.50. The first-order valence-electron chi connectivity index (χ1n) is 8.91. The van der Waals surface area contributed by atoms with Crippen molar-refractivity contribution in [3.8, 4) is 0 Å². The van der Waals surface area contributed by atoms with E-state index in [1.165, 1.54) is 0 Å². The molecule has 9 heteroatoms. The summed E-state index contributed by atoms with van der Waals surface area (Å²) in [4.78, 5) is 16.0.